The van der Waals surface area contributed by atoms with Crippen molar-refractivity contribution in [3.8, 4) is 0 Å². The maximum absolute atomic E-state index is 2.56. The Bertz CT molecular complexity index is 659. The Kier molecular flexibility index (Phi) is 4.93. The van der Waals surface area contributed by atoms with Crippen molar-refractivity contribution in [1.29, 1.82) is 0 Å². The Morgan fingerprint density at radius 1 is 0.760 bits per heavy atom. The molecule has 2 fully saturated rings. The zero-order chi connectivity index (χ0) is 17.1. The third-order valence-electron chi connectivity index (χ3n) is 5.85. The standard InChI is InChI=1S/C22H29N3/c1-2-23-13-12-20(18-23)19-8-10-22(11-9-19)25-16-14-24(15-17-25)21-6-4-3-5-7-21/h3-11,20H,2,12-18H2,1H3. The minimum absolute atomic E-state index is 0.726. The zero-order valence-corrected chi connectivity index (χ0v) is 15.3. The molecule has 4 rings (SSSR count). The molecule has 3 heteroatoms. The van der Waals surface area contributed by atoms with Crippen LogP contribution in [0.5, 0.6) is 0 Å². The average Bonchev–Trinajstić information content (AvgIpc) is 3.18. The number of anilines is 2. The molecule has 3 nitrogen and oxygen atoms in total. The van der Waals surface area contributed by atoms with E-state index in [1.807, 2.05) is 0 Å². The molecule has 1 atom stereocenters. The summed E-state index contributed by atoms with van der Waals surface area (Å²) in [5.74, 6) is 0.726. The fourth-order valence-corrected chi connectivity index (χ4v) is 4.21. The van der Waals surface area contributed by atoms with Gasteiger partial charge in [-0.25, -0.2) is 0 Å². The van der Waals surface area contributed by atoms with Crippen molar-refractivity contribution in [2.75, 3.05) is 55.6 Å². The molecule has 0 bridgehead atoms. The third-order valence-corrected chi connectivity index (χ3v) is 5.85. The van der Waals surface area contributed by atoms with Gasteiger partial charge < -0.3 is 14.7 Å². The lowest BCUT2D eigenvalue weighted by molar-refractivity contribution is 0.354. The number of hydrogen-bond acceptors (Lipinski definition) is 3. The molecule has 0 spiro atoms. The van der Waals surface area contributed by atoms with E-state index in [1.165, 1.54) is 43.0 Å². The van der Waals surface area contributed by atoms with E-state index in [1.54, 1.807) is 0 Å². The highest BCUT2D eigenvalue weighted by Crippen LogP contribution is 2.29. The van der Waals surface area contributed by atoms with Crippen molar-refractivity contribution >= 4 is 11.4 Å². The van der Waals surface area contributed by atoms with E-state index < -0.39 is 0 Å². The highest BCUT2D eigenvalue weighted by Gasteiger charge is 2.23. The van der Waals surface area contributed by atoms with Gasteiger partial charge in [0.25, 0.3) is 0 Å². The van der Waals surface area contributed by atoms with E-state index in [2.05, 4.69) is 76.2 Å². The molecule has 25 heavy (non-hydrogen) atoms. The van der Waals surface area contributed by atoms with Gasteiger partial charge in [0.2, 0.25) is 0 Å². The van der Waals surface area contributed by atoms with Crippen molar-refractivity contribution in [3.05, 3.63) is 60.2 Å². The molecular weight excluding hydrogens is 306 g/mol. The van der Waals surface area contributed by atoms with Gasteiger partial charge in [-0.2, -0.15) is 0 Å². The number of likely N-dealkylation sites (N-methyl/N-ethyl adjacent to an activating group) is 1. The van der Waals surface area contributed by atoms with Crippen molar-refractivity contribution in [3.63, 3.8) is 0 Å². The predicted octanol–water partition coefficient (Wildman–Crippen LogP) is 3.82. The van der Waals surface area contributed by atoms with Crippen LogP contribution in [0.15, 0.2) is 54.6 Å². The summed E-state index contributed by atoms with van der Waals surface area (Å²) < 4.78 is 0. The van der Waals surface area contributed by atoms with Crippen LogP contribution in [0.25, 0.3) is 0 Å². The SMILES string of the molecule is CCN1CCC(c2ccc(N3CCN(c4ccccc4)CC3)cc2)C1. The zero-order valence-electron chi connectivity index (χ0n) is 15.3. The van der Waals surface area contributed by atoms with E-state index in [-0.39, 0.29) is 0 Å². The largest absolute Gasteiger partial charge is 0.368 e. The Labute approximate surface area is 151 Å². The first-order valence-electron chi connectivity index (χ1n) is 9.71. The summed E-state index contributed by atoms with van der Waals surface area (Å²) in [7, 11) is 0. The Hall–Kier alpha value is -2.00. The average molecular weight is 335 g/mol. The number of rotatable bonds is 4. The summed E-state index contributed by atoms with van der Waals surface area (Å²) in [4.78, 5) is 7.57. The second-order valence-corrected chi connectivity index (χ2v) is 7.28. The molecule has 0 radical (unpaired) electrons. The molecule has 2 aromatic rings. The van der Waals surface area contributed by atoms with Crippen LogP contribution in [0.1, 0.15) is 24.8 Å². The molecule has 2 aliphatic rings. The maximum Gasteiger partial charge on any atom is 0.0367 e. The molecule has 0 aliphatic carbocycles. The maximum atomic E-state index is 2.56. The van der Waals surface area contributed by atoms with Crippen LogP contribution >= 0.6 is 0 Å². The summed E-state index contributed by atoms with van der Waals surface area (Å²) in [5, 5.41) is 0. The number of nitrogens with zero attached hydrogens (tertiary/aromatic N) is 3. The molecule has 2 heterocycles. The summed E-state index contributed by atoms with van der Waals surface area (Å²) in [6.07, 6.45) is 1.31. The van der Waals surface area contributed by atoms with Crippen LogP contribution in [-0.2, 0) is 0 Å². The van der Waals surface area contributed by atoms with E-state index in [9.17, 15) is 0 Å². The van der Waals surface area contributed by atoms with Gasteiger partial charge in [0, 0.05) is 44.1 Å². The molecule has 0 aromatic heterocycles. The van der Waals surface area contributed by atoms with Gasteiger partial charge in [0.05, 0.1) is 0 Å². The van der Waals surface area contributed by atoms with Gasteiger partial charge in [-0.1, -0.05) is 37.3 Å². The number of piperazine rings is 1. The van der Waals surface area contributed by atoms with Crippen LogP contribution in [-0.4, -0.2) is 50.7 Å². The number of likely N-dealkylation sites (tertiary alicyclic amines) is 1. The smallest absolute Gasteiger partial charge is 0.0367 e. The van der Waals surface area contributed by atoms with E-state index in [0.29, 0.717) is 0 Å². The minimum atomic E-state index is 0.726. The fraction of sp³-hybridized carbons (Fsp3) is 0.455. The highest BCUT2D eigenvalue weighted by atomic mass is 15.3. The van der Waals surface area contributed by atoms with Crippen molar-refractivity contribution < 1.29 is 0 Å². The van der Waals surface area contributed by atoms with Gasteiger partial charge in [-0.3, -0.25) is 0 Å². The van der Waals surface area contributed by atoms with Gasteiger partial charge in [0.1, 0.15) is 0 Å². The molecule has 2 aliphatic heterocycles. The molecular formula is C22H29N3. The lowest BCUT2D eigenvalue weighted by Crippen LogP contribution is -2.46. The summed E-state index contributed by atoms with van der Waals surface area (Å²) in [6, 6.07) is 20.2. The lowest BCUT2D eigenvalue weighted by atomic mass is 9.98. The fourth-order valence-electron chi connectivity index (χ4n) is 4.21. The molecule has 0 saturated carbocycles. The van der Waals surface area contributed by atoms with Crippen molar-refractivity contribution in [2.45, 2.75) is 19.3 Å². The monoisotopic (exact) mass is 335 g/mol. The summed E-state index contributed by atoms with van der Waals surface area (Å²) in [5.41, 5.74) is 4.24. The van der Waals surface area contributed by atoms with Crippen molar-refractivity contribution in [1.82, 2.24) is 4.90 Å². The quantitative estimate of drug-likeness (QED) is 0.841. The van der Waals surface area contributed by atoms with Gasteiger partial charge >= 0.3 is 0 Å². The second-order valence-electron chi connectivity index (χ2n) is 7.28. The molecule has 0 N–H and O–H groups in total. The summed E-state index contributed by atoms with van der Waals surface area (Å²) >= 11 is 0. The number of hydrogen-bond donors (Lipinski definition) is 0. The van der Waals surface area contributed by atoms with Gasteiger partial charge in [0.15, 0.2) is 0 Å². The summed E-state index contributed by atoms with van der Waals surface area (Å²) in [6.45, 7) is 10.3. The van der Waals surface area contributed by atoms with Gasteiger partial charge in [-0.15, -0.1) is 0 Å². The second kappa shape index (κ2) is 7.49. The van der Waals surface area contributed by atoms with Crippen molar-refractivity contribution in [2.24, 2.45) is 0 Å². The lowest BCUT2D eigenvalue weighted by Gasteiger charge is -2.37. The molecule has 2 aromatic carbocycles. The van der Waals surface area contributed by atoms with E-state index in [4.69, 9.17) is 0 Å². The first kappa shape index (κ1) is 16.5. The highest BCUT2D eigenvalue weighted by molar-refractivity contribution is 5.52. The normalized spacial score (nSPS) is 21.7. The van der Waals surface area contributed by atoms with Crippen LogP contribution < -0.4 is 9.80 Å². The van der Waals surface area contributed by atoms with Gasteiger partial charge in [-0.05, 0) is 55.3 Å². The van der Waals surface area contributed by atoms with Crippen LogP contribution in [0, 0.1) is 0 Å². The third kappa shape index (κ3) is 3.67. The van der Waals surface area contributed by atoms with Crippen LogP contribution in [0.3, 0.4) is 0 Å². The Balaban J connectivity index is 1.36. The first-order chi connectivity index (χ1) is 12.3. The molecule has 132 valence electrons. The Morgan fingerprint density at radius 2 is 1.36 bits per heavy atom. The number of benzene rings is 2. The first-order valence-corrected chi connectivity index (χ1v) is 9.71. The molecule has 1 unspecified atom stereocenters. The van der Waals surface area contributed by atoms with Crippen LogP contribution in [0.2, 0.25) is 0 Å². The number of para-hydroxylation sites is 1. The topological polar surface area (TPSA) is 9.72 Å². The molecule has 2 saturated heterocycles. The van der Waals surface area contributed by atoms with Crippen LogP contribution in [0.4, 0.5) is 11.4 Å². The Morgan fingerprint density at radius 3 is 1.92 bits per heavy atom. The van der Waals surface area contributed by atoms with E-state index in [0.717, 1.165) is 32.1 Å². The predicted molar refractivity (Wildman–Crippen MR) is 107 cm³/mol. The minimum Gasteiger partial charge on any atom is -0.368 e. The van der Waals surface area contributed by atoms with E-state index >= 15 is 0 Å². The molecule has 0 amide bonds.